The topological polar surface area (TPSA) is 102 Å². The number of rotatable bonds is 9. The normalized spacial score (nSPS) is 11.2. The lowest BCUT2D eigenvalue weighted by molar-refractivity contribution is -0.132. The molecule has 5 rings (SSSR count). The number of aromatic nitrogens is 2. The first kappa shape index (κ1) is 26.9. The summed E-state index contributed by atoms with van der Waals surface area (Å²) in [6.07, 6.45) is 5.30. The summed E-state index contributed by atoms with van der Waals surface area (Å²) in [6.45, 7) is 0. The Hall–Kier alpha value is -5.69. The molecule has 0 spiro atoms. The molecule has 0 amide bonds. The standard InChI is InChI=1S/C34H26N2O5/c1-41-29-19-17-27(18-20-29)34-35-32(25-13-7-23(8-14-25)11-21-30(37)38)33(36(34)28-5-3-2-4-6-28)26-15-9-24(10-16-26)12-22-31(39)40/h2-22H,1H3,(H,37,38)(H,39,40). The van der Waals surface area contributed by atoms with E-state index in [9.17, 15) is 9.59 Å². The van der Waals surface area contributed by atoms with E-state index in [1.807, 2.05) is 103 Å². The van der Waals surface area contributed by atoms with E-state index in [2.05, 4.69) is 4.57 Å². The minimum Gasteiger partial charge on any atom is -0.497 e. The Labute approximate surface area is 236 Å². The number of methoxy groups -OCH3 is 1. The Morgan fingerprint density at radius 3 is 1.71 bits per heavy atom. The SMILES string of the molecule is COc1ccc(-c2nc(-c3ccc(C=CC(=O)O)cc3)c(-c3ccc(C=CC(=O)O)cc3)n2-c2ccccc2)cc1. The summed E-state index contributed by atoms with van der Waals surface area (Å²) in [5.41, 5.74) is 6.66. The predicted molar refractivity (Wildman–Crippen MR) is 160 cm³/mol. The number of ether oxygens (including phenoxy) is 1. The molecule has 0 radical (unpaired) electrons. The van der Waals surface area contributed by atoms with Crippen LogP contribution < -0.4 is 4.74 Å². The highest BCUT2D eigenvalue weighted by atomic mass is 16.5. The Balaban J connectivity index is 1.74. The second-order valence-electron chi connectivity index (χ2n) is 9.12. The summed E-state index contributed by atoms with van der Waals surface area (Å²) in [7, 11) is 1.63. The minimum atomic E-state index is -1.01. The van der Waals surface area contributed by atoms with Crippen molar-refractivity contribution < 1.29 is 24.5 Å². The van der Waals surface area contributed by atoms with Gasteiger partial charge in [-0.1, -0.05) is 66.7 Å². The van der Waals surface area contributed by atoms with E-state index in [4.69, 9.17) is 19.9 Å². The molecule has 0 aliphatic heterocycles. The van der Waals surface area contributed by atoms with Gasteiger partial charge < -0.3 is 14.9 Å². The number of hydrogen-bond acceptors (Lipinski definition) is 4. The number of aliphatic carboxylic acids is 2. The van der Waals surface area contributed by atoms with Crippen LogP contribution in [-0.4, -0.2) is 38.8 Å². The minimum absolute atomic E-state index is 0.730. The molecule has 41 heavy (non-hydrogen) atoms. The first-order valence-electron chi connectivity index (χ1n) is 12.8. The highest BCUT2D eigenvalue weighted by molar-refractivity contribution is 5.88. The lowest BCUT2D eigenvalue weighted by Gasteiger charge is -2.14. The molecule has 0 unspecified atom stereocenters. The van der Waals surface area contributed by atoms with Crippen molar-refractivity contribution in [3.63, 3.8) is 0 Å². The van der Waals surface area contributed by atoms with E-state index in [1.165, 1.54) is 0 Å². The summed E-state index contributed by atoms with van der Waals surface area (Å²) in [5.74, 6) is -0.552. The number of nitrogens with zero attached hydrogens (tertiary/aromatic N) is 2. The van der Waals surface area contributed by atoms with Gasteiger partial charge in [0.15, 0.2) is 0 Å². The summed E-state index contributed by atoms with van der Waals surface area (Å²) in [4.78, 5) is 27.1. The zero-order chi connectivity index (χ0) is 28.8. The van der Waals surface area contributed by atoms with Gasteiger partial charge in [0.05, 0.1) is 18.5 Å². The van der Waals surface area contributed by atoms with E-state index >= 15 is 0 Å². The number of benzene rings is 4. The molecule has 7 heteroatoms. The number of imidazole rings is 1. The molecule has 202 valence electrons. The molecule has 4 aromatic carbocycles. The molecule has 0 fully saturated rings. The van der Waals surface area contributed by atoms with Crippen molar-refractivity contribution >= 4 is 24.1 Å². The molecule has 5 aromatic rings. The molecule has 7 nitrogen and oxygen atoms in total. The van der Waals surface area contributed by atoms with Crippen molar-refractivity contribution in [3.05, 3.63) is 126 Å². The van der Waals surface area contributed by atoms with Gasteiger partial charge >= 0.3 is 11.9 Å². The number of para-hydroxylation sites is 1. The monoisotopic (exact) mass is 542 g/mol. The van der Waals surface area contributed by atoms with E-state index in [1.54, 1.807) is 19.3 Å². The van der Waals surface area contributed by atoms with Gasteiger partial charge in [-0.25, -0.2) is 14.6 Å². The fraction of sp³-hybridized carbons (Fsp3) is 0.0294. The first-order chi connectivity index (χ1) is 19.9. The van der Waals surface area contributed by atoms with Crippen LogP contribution in [0.1, 0.15) is 11.1 Å². The van der Waals surface area contributed by atoms with Gasteiger partial charge in [0.2, 0.25) is 0 Å². The smallest absolute Gasteiger partial charge is 0.328 e. The molecule has 0 saturated heterocycles. The van der Waals surface area contributed by atoms with Crippen molar-refractivity contribution in [3.8, 4) is 45.3 Å². The zero-order valence-corrected chi connectivity index (χ0v) is 22.1. The van der Waals surface area contributed by atoms with Gasteiger partial charge in [-0.15, -0.1) is 0 Å². The average Bonchev–Trinajstić information content (AvgIpc) is 3.40. The van der Waals surface area contributed by atoms with Crippen LogP contribution in [0.2, 0.25) is 0 Å². The maximum atomic E-state index is 11.0. The van der Waals surface area contributed by atoms with E-state index < -0.39 is 11.9 Å². The molecule has 1 heterocycles. The third-order valence-electron chi connectivity index (χ3n) is 6.44. The highest BCUT2D eigenvalue weighted by Crippen LogP contribution is 2.39. The lowest BCUT2D eigenvalue weighted by atomic mass is 10.0. The zero-order valence-electron chi connectivity index (χ0n) is 22.1. The summed E-state index contributed by atoms with van der Waals surface area (Å²) >= 11 is 0. The van der Waals surface area contributed by atoms with Gasteiger partial charge in [0, 0.05) is 34.5 Å². The van der Waals surface area contributed by atoms with Crippen LogP contribution in [0.5, 0.6) is 5.75 Å². The molecule has 0 saturated carbocycles. The average molecular weight is 543 g/mol. The third-order valence-corrected chi connectivity index (χ3v) is 6.44. The molecule has 2 N–H and O–H groups in total. The van der Waals surface area contributed by atoms with Crippen LogP contribution in [0.25, 0.3) is 51.7 Å². The van der Waals surface area contributed by atoms with Crippen molar-refractivity contribution in [2.45, 2.75) is 0 Å². The van der Waals surface area contributed by atoms with Crippen molar-refractivity contribution in [1.82, 2.24) is 9.55 Å². The molecular formula is C34H26N2O5. The second-order valence-corrected chi connectivity index (χ2v) is 9.12. The maximum absolute atomic E-state index is 11.0. The van der Waals surface area contributed by atoms with Gasteiger partial charge in [0.1, 0.15) is 11.6 Å². The van der Waals surface area contributed by atoms with Crippen molar-refractivity contribution in [2.75, 3.05) is 7.11 Å². The molecule has 1 aromatic heterocycles. The number of carbonyl (C=O) groups is 2. The molecule has 0 atom stereocenters. The quantitative estimate of drug-likeness (QED) is 0.193. The van der Waals surface area contributed by atoms with Gasteiger partial charge in [-0.3, -0.25) is 4.57 Å². The summed E-state index contributed by atoms with van der Waals surface area (Å²) in [6, 6.07) is 32.8. The van der Waals surface area contributed by atoms with Gasteiger partial charge in [0.25, 0.3) is 0 Å². The first-order valence-corrected chi connectivity index (χ1v) is 12.8. The van der Waals surface area contributed by atoms with Crippen LogP contribution in [0, 0.1) is 0 Å². The lowest BCUT2D eigenvalue weighted by Crippen LogP contribution is -2.00. The Bertz CT molecular complexity index is 1730. The predicted octanol–water partition coefficient (Wildman–Crippen LogP) is 7.08. The molecule has 0 aliphatic rings. The Morgan fingerprint density at radius 1 is 0.683 bits per heavy atom. The second kappa shape index (κ2) is 12.0. The van der Waals surface area contributed by atoms with Crippen LogP contribution >= 0.6 is 0 Å². The third kappa shape index (κ3) is 6.15. The fourth-order valence-corrected chi connectivity index (χ4v) is 4.49. The summed E-state index contributed by atoms with van der Waals surface area (Å²) < 4.78 is 7.48. The summed E-state index contributed by atoms with van der Waals surface area (Å²) in [5, 5.41) is 18.0. The van der Waals surface area contributed by atoms with Crippen molar-refractivity contribution in [2.24, 2.45) is 0 Å². The largest absolute Gasteiger partial charge is 0.497 e. The maximum Gasteiger partial charge on any atom is 0.328 e. The van der Waals surface area contributed by atoms with Gasteiger partial charge in [-0.2, -0.15) is 0 Å². The van der Waals surface area contributed by atoms with E-state index in [-0.39, 0.29) is 0 Å². The van der Waals surface area contributed by atoms with Crippen LogP contribution in [-0.2, 0) is 9.59 Å². The number of carboxylic acid groups (broad SMARTS) is 2. The van der Waals surface area contributed by atoms with Crippen LogP contribution in [0.4, 0.5) is 0 Å². The number of hydrogen-bond donors (Lipinski definition) is 2. The van der Waals surface area contributed by atoms with Crippen LogP contribution in [0.3, 0.4) is 0 Å². The molecular weight excluding hydrogens is 516 g/mol. The Kier molecular flexibility index (Phi) is 7.88. The molecule has 0 aliphatic carbocycles. The highest BCUT2D eigenvalue weighted by Gasteiger charge is 2.22. The van der Waals surface area contributed by atoms with Gasteiger partial charge in [-0.05, 0) is 59.7 Å². The van der Waals surface area contributed by atoms with E-state index in [0.717, 1.165) is 68.6 Å². The van der Waals surface area contributed by atoms with Crippen LogP contribution in [0.15, 0.2) is 115 Å². The number of carboxylic acids is 2. The fourth-order valence-electron chi connectivity index (χ4n) is 4.49. The van der Waals surface area contributed by atoms with Crippen molar-refractivity contribution in [1.29, 1.82) is 0 Å². The Morgan fingerprint density at radius 2 is 1.20 bits per heavy atom. The van der Waals surface area contributed by atoms with E-state index in [0.29, 0.717) is 0 Å². The molecule has 0 bridgehead atoms.